The highest BCUT2D eigenvalue weighted by molar-refractivity contribution is 5.83. The van der Waals surface area contributed by atoms with Crippen LogP contribution in [0.4, 0.5) is 0 Å². The second-order valence-electron chi connectivity index (χ2n) is 4.61. The molecule has 0 saturated carbocycles. The Morgan fingerprint density at radius 3 is 2.45 bits per heavy atom. The van der Waals surface area contributed by atoms with Gasteiger partial charge in [-0.2, -0.15) is 0 Å². The molecular weight excluding hydrogens is 252 g/mol. The lowest BCUT2D eigenvalue weighted by Crippen LogP contribution is -2.09. The van der Waals surface area contributed by atoms with E-state index < -0.39 is 0 Å². The number of H-pyrrole nitrogens is 1. The minimum absolute atomic E-state index is 0.108. The third-order valence-corrected chi connectivity index (χ3v) is 3.25. The number of nitrogens with one attached hydrogen (secondary N) is 1. The number of rotatable bonds is 2. The van der Waals surface area contributed by atoms with E-state index in [2.05, 4.69) is 9.97 Å². The SMILES string of the molecule is COc1ccc(-c2ccc3nc(C)[nH]c(=O)c3c2)cc1. The Morgan fingerprint density at radius 1 is 1.05 bits per heavy atom. The van der Waals surface area contributed by atoms with Crippen LogP contribution in [0.25, 0.3) is 22.0 Å². The van der Waals surface area contributed by atoms with Gasteiger partial charge in [0.15, 0.2) is 0 Å². The zero-order chi connectivity index (χ0) is 14.1. The van der Waals surface area contributed by atoms with Crippen molar-refractivity contribution in [3.63, 3.8) is 0 Å². The fraction of sp³-hybridized carbons (Fsp3) is 0.125. The number of ether oxygens (including phenoxy) is 1. The number of aromatic nitrogens is 2. The maximum Gasteiger partial charge on any atom is 0.258 e. The van der Waals surface area contributed by atoms with Crippen LogP contribution in [0.5, 0.6) is 5.75 Å². The zero-order valence-corrected chi connectivity index (χ0v) is 11.3. The monoisotopic (exact) mass is 266 g/mol. The van der Waals surface area contributed by atoms with E-state index in [-0.39, 0.29) is 5.56 Å². The molecule has 0 aliphatic heterocycles. The number of methoxy groups -OCH3 is 1. The molecule has 0 aliphatic rings. The van der Waals surface area contributed by atoms with E-state index in [0.717, 1.165) is 16.9 Å². The van der Waals surface area contributed by atoms with Gasteiger partial charge >= 0.3 is 0 Å². The molecule has 0 radical (unpaired) electrons. The highest BCUT2D eigenvalue weighted by atomic mass is 16.5. The van der Waals surface area contributed by atoms with Crippen molar-refractivity contribution >= 4 is 10.9 Å². The van der Waals surface area contributed by atoms with Gasteiger partial charge in [-0.05, 0) is 42.3 Å². The van der Waals surface area contributed by atoms with Gasteiger partial charge in [0.2, 0.25) is 0 Å². The van der Waals surface area contributed by atoms with Crippen LogP contribution >= 0.6 is 0 Å². The van der Waals surface area contributed by atoms with Crippen molar-refractivity contribution in [3.05, 3.63) is 58.6 Å². The number of fused-ring (bicyclic) bond motifs is 1. The fourth-order valence-corrected chi connectivity index (χ4v) is 2.22. The van der Waals surface area contributed by atoms with Gasteiger partial charge in [0, 0.05) is 0 Å². The number of aromatic amines is 1. The molecule has 20 heavy (non-hydrogen) atoms. The van der Waals surface area contributed by atoms with E-state index >= 15 is 0 Å². The number of nitrogens with zero attached hydrogens (tertiary/aromatic N) is 1. The van der Waals surface area contributed by atoms with Crippen molar-refractivity contribution < 1.29 is 4.74 Å². The topological polar surface area (TPSA) is 55.0 Å². The second kappa shape index (κ2) is 4.81. The summed E-state index contributed by atoms with van der Waals surface area (Å²) in [7, 11) is 1.64. The number of hydrogen-bond acceptors (Lipinski definition) is 3. The minimum atomic E-state index is -0.108. The van der Waals surface area contributed by atoms with Crippen molar-refractivity contribution in [3.8, 4) is 16.9 Å². The van der Waals surface area contributed by atoms with Gasteiger partial charge in [0.1, 0.15) is 11.6 Å². The predicted molar refractivity (Wildman–Crippen MR) is 79.1 cm³/mol. The summed E-state index contributed by atoms with van der Waals surface area (Å²) < 4.78 is 5.14. The molecule has 100 valence electrons. The standard InChI is InChI=1S/C16H14N2O2/c1-10-17-15-8-5-12(9-14(15)16(19)18-10)11-3-6-13(20-2)7-4-11/h3-9H,1-2H3,(H,17,18,19). The largest absolute Gasteiger partial charge is 0.497 e. The van der Waals surface area contributed by atoms with Gasteiger partial charge in [0.25, 0.3) is 5.56 Å². The molecule has 4 nitrogen and oxygen atoms in total. The quantitative estimate of drug-likeness (QED) is 0.776. The Hall–Kier alpha value is -2.62. The summed E-state index contributed by atoms with van der Waals surface area (Å²) in [4.78, 5) is 19.0. The van der Waals surface area contributed by atoms with Crippen LogP contribution < -0.4 is 10.3 Å². The van der Waals surface area contributed by atoms with E-state index in [4.69, 9.17) is 4.74 Å². The van der Waals surface area contributed by atoms with Crippen molar-refractivity contribution in [1.82, 2.24) is 9.97 Å². The average Bonchev–Trinajstić information content (AvgIpc) is 2.47. The molecule has 3 rings (SSSR count). The summed E-state index contributed by atoms with van der Waals surface area (Å²) in [5.74, 6) is 1.43. The third-order valence-electron chi connectivity index (χ3n) is 3.25. The summed E-state index contributed by atoms with van der Waals surface area (Å²) >= 11 is 0. The maximum atomic E-state index is 12.0. The summed E-state index contributed by atoms with van der Waals surface area (Å²) in [6.45, 7) is 1.78. The molecule has 0 fully saturated rings. The first-order valence-electron chi connectivity index (χ1n) is 6.32. The normalized spacial score (nSPS) is 10.7. The average molecular weight is 266 g/mol. The molecule has 0 spiro atoms. The number of aryl methyl sites for hydroxylation is 1. The van der Waals surface area contributed by atoms with Crippen molar-refractivity contribution in [2.45, 2.75) is 6.92 Å². The Labute approximate surface area is 116 Å². The van der Waals surface area contributed by atoms with Crippen LogP contribution in [0.3, 0.4) is 0 Å². The lowest BCUT2D eigenvalue weighted by molar-refractivity contribution is 0.415. The van der Waals surface area contributed by atoms with E-state index in [9.17, 15) is 4.79 Å². The van der Waals surface area contributed by atoms with E-state index in [1.807, 2.05) is 42.5 Å². The summed E-state index contributed by atoms with van der Waals surface area (Å²) in [5.41, 5.74) is 2.62. The Balaban J connectivity index is 2.14. The van der Waals surface area contributed by atoms with Crippen LogP contribution in [0.1, 0.15) is 5.82 Å². The molecule has 1 N–H and O–H groups in total. The molecule has 1 heterocycles. The summed E-state index contributed by atoms with van der Waals surface area (Å²) in [6, 6.07) is 13.4. The Morgan fingerprint density at radius 2 is 1.75 bits per heavy atom. The molecule has 0 aliphatic carbocycles. The lowest BCUT2D eigenvalue weighted by atomic mass is 10.0. The van der Waals surface area contributed by atoms with Gasteiger partial charge < -0.3 is 9.72 Å². The van der Waals surface area contributed by atoms with Gasteiger partial charge in [0.05, 0.1) is 18.0 Å². The number of benzene rings is 2. The molecule has 0 bridgehead atoms. The smallest absolute Gasteiger partial charge is 0.258 e. The van der Waals surface area contributed by atoms with Gasteiger partial charge in [-0.25, -0.2) is 4.98 Å². The molecular formula is C16H14N2O2. The molecule has 4 heteroatoms. The first-order valence-corrected chi connectivity index (χ1v) is 6.32. The van der Waals surface area contributed by atoms with Crippen LogP contribution in [-0.4, -0.2) is 17.1 Å². The molecule has 0 amide bonds. The molecule has 2 aromatic carbocycles. The van der Waals surface area contributed by atoms with Crippen molar-refractivity contribution in [1.29, 1.82) is 0 Å². The van der Waals surface area contributed by atoms with Crippen LogP contribution in [0.2, 0.25) is 0 Å². The second-order valence-corrected chi connectivity index (χ2v) is 4.61. The molecule has 1 aromatic heterocycles. The van der Waals surface area contributed by atoms with Crippen LogP contribution in [0, 0.1) is 6.92 Å². The summed E-state index contributed by atoms with van der Waals surface area (Å²) in [5, 5.41) is 0.601. The van der Waals surface area contributed by atoms with E-state index in [0.29, 0.717) is 16.7 Å². The Kier molecular flexibility index (Phi) is 2.99. The first-order chi connectivity index (χ1) is 9.67. The fourth-order valence-electron chi connectivity index (χ4n) is 2.22. The maximum absolute atomic E-state index is 12.0. The van der Waals surface area contributed by atoms with Crippen LogP contribution in [-0.2, 0) is 0 Å². The van der Waals surface area contributed by atoms with Crippen molar-refractivity contribution in [2.75, 3.05) is 7.11 Å². The lowest BCUT2D eigenvalue weighted by Gasteiger charge is -2.05. The van der Waals surface area contributed by atoms with Gasteiger partial charge in [-0.1, -0.05) is 18.2 Å². The zero-order valence-electron chi connectivity index (χ0n) is 11.3. The Bertz CT molecular complexity index is 820. The molecule has 0 unspecified atom stereocenters. The molecule has 0 saturated heterocycles. The van der Waals surface area contributed by atoms with Gasteiger partial charge in [-0.3, -0.25) is 4.79 Å². The minimum Gasteiger partial charge on any atom is -0.497 e. The molecule has 3 aromatic rings. The highest BCUT2D eigenvalue weighted by Crippen LogP contribution is 2.24. The molecule has 0 atom stereocenters. The van der Waals surface area contributed by atoms with Crippen molar-refractivity contribution in [2.24, 2.45) is 0 Å². The van der Waals surface area contributed by atoms with Crippen LogP contribution in [0.15, 0.2) is 47.3 Å². The number of hydrogen-bond donors (Lipinski definition) is 1. The van der Waals surface area contributed by atoms with Gasteiger partial charge in [-0.15, -0.1) is 0 Å². The predicted octanol–water partition coefficient (Wildman–Crippen LogP) is 2.91. The highest BCUT2D eigenvalue weighted by Gasteiger charge is 2.05. The first kappa shape index (κ1) is 12.4. The van der Waals surface area contributed by atoms with E-state index in [1.165, 1.54) is 0 Å². The van der Waals surface area contributed by atoms with E-state index in [1.54, 1.807) is 14.0 Å². The third kappa shape index (κ3) is 2.16. The summed E-state index contributed by atoms with van der Waals surface area (Å²) in [6.07, 6.45) is 0.